The van der Waals surface area contributed by atoms with E-state index in [1.165, 1.54) is 11.1 Å². The third-order valence-corrected chi connectivity index (χ3v) is 5.05. The number of benzene rings is 1. The highest BCUT2D eigenvalue weighted by molar-refractivity contribution is 5.95. The summed E-state index contributed by atoms with van der Waals surface area (Å²) in [4.78, 5) is 29.0. The van der Waals surface area contributed by atoms with Crippen LogP contribution >= 0.6 is 0 Å². The molecule has 1 saturated heterocycles. The molecular weight excluding hydrogens is 354 g/mol. The average Bonchev–Trinajstić information content (AvgIpc) is 3.07. The summed E-state index contributed by atoms with van der Waals surface area (Å²) in [5.74, 6) is -0.295. The summed E-state index contributed by atoms with van der Waals surface area (Å²) in [7, 11) is 0. The summed E-state index contributed by atoms with van der Waals surface area (Å²) in [6.07, 6.45) is 0. The van der Waals surface area contributed by atoms with Crippen LogP contribution in [0, 0.1) is 13.8 Å². The first-order chi connectivity index (χ1) is 13.5. The topological polar surface area (TPSA) is 70.5 Å². The van der Waals surface area contributed by atoms with Crippen LogP contribution in [0.5, 0.6) is 0 Å². The number of amides is 2. The second-order valence-corrected chi connectivity index (χ2v) is 7.32. The first kappa shape index (κ1) is 20.1. The Morgan fingerprint density at radius 1 is 1.11 bits per heavy atom. The van der Waals surface area contributed by atoms with Gasteiger partial charge in [-0.2, -0.15) is 5.10 Å². The van der Waals surface area contributed by atoms with Gasteiger partial charge in [0.05, 0.1) is 12.2 Å². The van der Waals surface area contributed by atoms with Crippen molar-refractivity contribution in [1.82, 2.24) is 24.9 Å². The van der Waals surface area contributed by atoms with Gasteiger partial charge in [0.25, 0.3) is 5.91 Å². The van der Waals surface area contributed by atoms with Gasteiger partial charge in [0, 0.05) is 39.3 Å². The van der Waals surface area contributed by atoms with Crippen molar-refractivity contribution in [3.63, 3.8) is 0 Å². The van der Waals surface area contributed by atoms with Crippen LogP contribution in [-0.2, 0) is 17.9 Å². The predicted molar refractivity (Wildman–Crippen MR) is 108 cm³/mol. The van der Waals surface area contributed by atoms with Crippen molar-refractivity contribution in [2.75, 3.05) is 32.7 Å². The van der Waals surface area contributed by atoms with Crippen LogP contribution in [0.3, 0.4) is 0 Å². The highest BCUT2D eigenvalue weighted by atomic mass is 16.2. The molecule has 0 bridgehead atoms. The number of piperazine rings is 1. The average molecular weight is 383 g/mol. The molecule has 1 aromatic heterocycles. The number of rotatable bonds is 6. The minimum atomic E-state index is -0.256. The molecule has 1 aromatic carbocycles. The van der Waals surface area contributed by atoms with Crippen molar-refractivity contribution in [3.05, 3.63) is 52.8 Å². The maximum atomic E-state index is 12.5. The SMILES string of the molecule is CCn1nc(C)cc1C(=O)NCC(=O)N1CCN(Cc2cccc(C)c2)CC1. The number of hydrogen-bond donors (Lipinski definition) is 1. The van der Waals surface area contributed by atoms with Crippen LogP contribution in [0.1, 0.15) is 34.2 Å². The summed E-state index contributed by atoms with van der Waals surface area (Å²) in [5.41, 5.74) is 3.86. The first-order valence-corrected chi connectivity index (χ1v) is 9.84. The van der Waals surface area contributed by atoms with Gasteiger partial charge in [-0.3, -0.25) is 19.2 Å². The van der Waals surface area contributed by atoms with Crippen LogP contribution in [0.15, 0.2) is 30.3 Å². The third kappa shape index (κ3) is 4.98. The Bertz CT molecular complexity index is 837. The van der Waals surface area contributed by atoms with Crippen molar-refractivity contribution in [2.24, 2.45) is 0 Å². The first-order valence-electron chi connectivity index (χ1n) is 9.84. The number of hydrogen-bond acceptors (Lipinski definition) is 4. The molecule has 28 heavy (non-hydrogen) atoms. The number of nitrogens with zero attached hydrogens (tertiary/aromatic N) is 4. The largest absolute Gasteiger partial charge is 0.342 e. The van der Waals surface area contributed by atoms with Gasteiger partial charge in [0.2, 0.25) is 5.91 Å². The molecule has 0 atom stereocenters. The highest BCUT2D eigenvalue weighted by Crippen LogP contribution is 2.10. The normalized spacial score (nSPS) is 14.9. The number of aryl methyl sites for hydroxylation is 3. The van der Waals surface area contributed by atoms with Gasteiger partial charge >= 0.3 is 0 Å². The van der Waals surface area contributed by atoms with Crippen molar-refractivity contribution in [3.8, 4) is 0 Å². The molecule has 2 heterocycles. The highest BCUT2D eigenvalue weighted by Gasteiger charge is 2.22. The number of aromatic nitrogens is 2. The summed E-state index contributed by atoms with van der Waals surface area (Å²) >= 11 is 0. The Morgan fingerprint density at radius 3 is 2.54 bits per heavy atom. The van der Waals surface area contributed by atoms with Gasteiger partial charge in [0.1, 0.15) is 5.69 Å². The van der Waals surface area contributed by atoms with Crippen LogP contribution in [-0.4, -0.2) is 64.1 Å². The van der Waals surface area contributed by atoms with E-state index in [1.54, 1.807) is 10.7 Å². The van der Waals surface area contributed by atoms with Crippen molar-refractivity contribution >= 4 is 11.8 Å². The summed E-state index contributed by atoms with van der Waals surface area (Å²) in [6, 6.07) is 10.3. The van der Waals surface area contributed by atoms with E-state index in [0.717, 1.165) is 25.3 Å². The molecule has 2 aromatic rings. The molecule has 0 aliphatic carbocycles. The summed E-state index contributed by atoms with van der Waals surface area (Å²) in [5, 5.41) is 7.01. The molecule has 3 rings (SSSR count). The van der Waals surface area contributed by atoms with Crippen LogP contribution in [0.25, 0.3) is 0 Å². The Morgan fingerprint density at radius 2 is 1.86 bits per heavy atom. The van der Waals surface area contributed by atoms with E-state index in [4.69, 9.17) is 0 Å². The molecule has 0 saturated carbocycles. The lowest BCUT2D eigenvalue weighted by atomic mass is 10.1. The van der Waals surface area contributed by atoms with Crippen molar-refractivity contribution < 1.29 is 9.59 Å². The van der Waals surface area contributed by atoms with E-state index in [9.17, 15) is 9.59 Å². The van der Waals surface area contributed by atoms with Crippen LogP contribution < -0.4 is 5.32 Å². The van der Waals surface area contributed by atoms with E-state index in [0.29, 0.717) is 25.3 Å². The second-order valence-electron chi connectivity index (χ2n) is 7.32. The molecule has 1 aliphatic heterocycles. The summed E-state index contributed by atoms with van der Waals surface area (Å²) < 4.78 is 1.65. The van der Waals surface area contributed by atoms with Crippen LogP contribution in [0.2, 0.25) is 0 Å². The molecule has 1 N–H and O–H groups in total. The fourth-order valence-electron chi connectivity index (χ4n) is 3.55. The minimum Gasteiger partial charge on any atom is -0.342 e. The van der Waals surface area contributed by atoms with Crippen molar-refractivity contribution in [1.29, 1.82) is 0 Å². The van der Waals surface area contributed by atoms with E-state index in [1.807, 2.05) is 18.7 Å². The molecule has 0 radical (unpaired) electrons. The molecule has 0 unspecified atom stereocenters. The Labute approximate surface area is 166 Å². The molecule has 150 valence electrons. The minimum absolute atomic E-state index is 0.0185. The Kier molecular flexibility index (Phi) is 6.46. The van der Waals surface area contributed by atoms with Gasteiger partial charge in [-0.05, 0) is 32.4 Å². The lowest BCUT2D eigenvalue weighted by Gasteiger charge is -2.34. The van der Waals surface area contributed by atoms with Gasteiger partial charge < -0.3 is 10.2 Å². The number of nitrogens with one attached hydrogen (secondary N) is 1. The zero-order valence-corrected chi connectivity index (χ0v) is 16.9. The third-order valence-electron chi connectivity index (χ3n) is 5.05. The molecule has 0 spiro atoms. The molecule has 2 amide bonds. The molecular formula is C21H29N5O2. The van der Waals surface area contributed by atoms with E-state index in [2.05, 4.69) is 46.5 Å². The quantitative estimate of drug-likeness (QED) is 0.823. The Hall–Kier alpha value is -2.67. The molecule has 7 nitrogen and oxygen atoms in total. The maximum absolute atomic E-state index is 12.5. The fraction of sp³-hybridized carbons (Fsp3) is 0.476. The monoisotopic (exact) mass is 383 g/mol. The molecule has 1 aliphatic rings. The zero-order chi connectivity index (χ0) is 20.1. The molecule has 1 fully saturated rings. The smallest absolute Gasteiger partial charge is 0.269 e. The fourth-order valence-corrected chi connectivity index (χ4v) is 3.55. The lowest BCUT2D eigenvalue weighted by Crippen LogP contribution is -2.50. The Balaban J connectivity index is 1.45. The van der Waals surface area contributed by atoms with E-state index >= 15 is 0 Å². The van der Waals surface area contributed by atoms with Gasteiger partial charge in [-0.15, -0.1) is 0 Å². The van der Waals surface area contributed by atoms with Gasteiger partial charge in [-0.25, -0.2) is 0 Å². The van der Waals surface area contributed by atoms with Crippen LogP contribution in [0.4, 0.5) is 0 Å². The summed E-state index contributed by atoms with van der Waals surface area (Å²) in [6.45, 7) is 10.5. The van der Waals surface area contributed by atoms with E-state index < -0.39 is 0 Å². The maximum Gasteiger partial charge on any atom is 0.269 e. The second kappa shape index (κ2) is 9.01. The lowest BCUT2D eigenvalue weighted by molar-refractivity contribution is -0.131. The van der Waals surface area contributed by atoms with Gasteiger partial charge in [-0.1, -0.05) is 29.8 Å². The van der Waals surface area contributed by atoms with E-state index in [-0.39, 0.29) is 18.4 Å². The number of carbonyl (C=O) groups excluding carboxylic acids is 2. The zero-order valence-electron chi connectivity index (χ0n) is 16.9. The van der Waals surface area contributed by atoms with Crippen molar-refractivity contribution in [2.45, 2.75) is 33.9 Å². The standard InChI is InChI=1S/C21H29N5O2/c1-4-26-19(13-17(3)23-26)21(28)22-14-20(27)25-10-8-24(9-11-25)15-18-7-5-6-16(2)12-18/h5-7,12-13H,4,8-11,14-15H2,1-3H3,(H,22,28). The predicted octanol–water partition coefficient (Wildman–Crippen LogP) is 1.59. The number of carbonyl (C=O) groups is 2. The van der Waals surface area contributed by atoms with Gasteiger partial charge in [0.15, 0.2) is 0 Å². The molecule has 7 heteroatoms.